The third kappa shape index (κ3) is 11.6. The van der Waals surface area contributed by atoms with Gasteiger partial charge >= 0.3 is 23.5 Å². The highest BCUT2D eigenvalue weighted by Crippen LogP contribution is 2.68. The molecule has 0 aromatic rings. The standard InChI is InChI=1S/C8H21O10P3/c1-3-5-7-15-21(14,16-8-6-4-2)18-20(12,13)17-19(9,10)11/h3-8H2,1-2H3,(H,12,13)(H2,9,10,11). The summed E-state index contributed by atoms with van der Waals surface area (Å²) in [5.74, 6) is 0. The number of hydrogen-bond acceptors (Lipinski definition) is 7. The lowest BCUT2D eigenvalue weighted by atomic mass is 10.4. The molecule has 0 aliphatic heterocycles. The summed E-state index contributed by atoms with van der Waals surface area (Å²) in [6.07, 6.45) is 2.37. The fourth-order valence-electron chi connectivity index (χ4n) is 1.00. The van der Waals surface area contributed by atoms with Gasteiger partial charge in [-0.05, 0) is 12.8 Å². The van der Waals surface area contributed by atoms with Gasteiger partial charge < -0.3 is 14.7 Å². The zero-order chi connectivity index (χ0) is 16.6. The van der Waals surface area contributed by atoms with Gasteiger partial charge in [0.2, 0.25) is 0 Å². The second-order valence-electron chi connectivity index (χ2n) is 3.94. The minimum Gasteiger partial charge on any atom is -0.302 e. The maximum Gasteiger partial charge on any atom is 0.490 e. The Morgan fingerprint density at radius 2 is 1.24 bits per heavy atom. The third-order valence-corrected chi connectivity index (χ3v) is 6.21. The Balaban J connectivity index is 4.82. The van der Waals surface area contributed by atoms with Crippen molar-refractivity contribution in [3.63, 3.8) is 0 Å². The van der Waals surface area contributed by atoms with Crippen LogP contribution < -0.4 is 0 Å². The van der Waals surface area contributed by atoms with Gasteiger partial charge in [-0.15, -0.1) is 0 Å². The van der Waals surface area contributed by atoms with Crippen molar-refractivity contribution < 1.29 is 46.0 Å². The quantitative estimate of drug-likeness (QED) is 0.346. The molecule has 1 atom stereocenters. The molecule has 0 saturated carbocycles. The van der Waals surface area contributed by atoms with Crippen LogP contribution in [-0.2, 0) is 31.4 Å². The predicted octanol–water partition coefficient (Wildman–Crippen LogP) is 2.95. The minimum absolute atomic E-state index is 0.0736. The summed E-state index contributed by atoms with van der Waals surface area (Å²) in [7, 11) is -15.1. The predicted molar refractivity (Wildman–Crippen MR) is 73.4 cm³/mol. The molecule has 0 aromatic carbocycles. The van der Waals surface area contributed by atoms with E-state index in [4.69, 9.17) is 18.8 Å². The SMILES string of the molecule is CCCCOP(=O)(OCCCC)OP(=O)(O)OP(=O)(O)O. The maximum atomic E-state index is 12.1. The van der Waals surface area contributed by atoms with Crippen molar-refractivity contribution in [3.05, 3.63) is 0 Å². The number of phosphoric ester groups is 1. The van der Waals surface area contributed by atoms with Crippen LogP contribution in [0.5, 0.6) is 0 Å². The monoisotopic (exact) mass is 370 g/mol. The number of rotatable bonds is 12. The fourth-order valence-corrected chi connectivity index (χ4v) is 4.63. The van der Waals surface area contributed by atoms with Crippen LogP contribution in [0.4, 0.5) is 0 Å². The Labute approximate surface area is 123 Å². The molecule has 13 heteroatoms. The molecular formula is C8H21O10P3. The van der Waals surface area contributed by atoms with Crippen molar-refractivity contribution in [3.8, 4) is 0 Å². The van der Waals surface area contributed by atoms with E-state index < -0.39 is 23.5 Å². The fraction of sp³-hybridized carbons (Fsp3) is 1.00. The lowest BCUT2D eigenvalue weighted by molar-refractivity contribution is 0.135. The highest BCUT2D eigenvalue weighted by molar-refractivity contribution is 7.66. The molecule has 0 amide bonds. The molecule has 10 nitrogen and oxygen atoms in total. The second-order valence-corrected chi connectivity index (χ2v) is 8.58. The summed E-state index contributed by atoms with van der Waals surface area (Å²) in [5.41, 5.74) is 0. The summed E-state index contributed by atoms with van der Waals surface area (Å²) in [5, 5.41) is 0. The summed E-state index contributed by atoms with van der Waals surface area (Å²) in [6, 6.07) is 0. The van der Waals surface area contributed by atoms with Gasteiger partial charge in [-0.1, -0.05) is 26.7 Å². The van der Waals surface area contributed by atoms with Crippen LogP contribution in [-0.4, -0.2) is 27.9 Å². The Morgan fingerprint density at radius 1 is 0.810 bits per heavy atom. The summed E-state index contributed by atoms with van der Waals surface area (Å²) >= 11 is 0. The Hall–Kier alpha value is 0.410. The van der Waals surface area contributed by atoms with E-state index in [0.717, 1.165) is 0 Å². The third-order valence-electron chi connectivity index (χ3n) is 1.91. The Kier molecular flexibility index (Phi) is 9.71. The van der Waals surface area contributed by atoms with Gasteiger partial charge in [-0.2, -0.15) is 8.62 Å². The summed E-state index contributed by atoms with van der Waals surface area (Å²) in [6.45, 7) is 3.52. The molecule has 0 aliphatic carbocycles. The van der Waals surface area contributed by atoms with E-state index in [1.807, 2.05) is 13.8 Å². The lowest BCUT2D eigenvalue weighted by Gasteiger charge is -2.20. The number of unbranched alkanes of at least 4 members (excludes halogenated alkanes) is 2. The summed E-state index contributed by atoms with van der Waals surface area (Å²) < 4.78 is 51.5. The average Bonchev–Trinajstić information content (AvgIpc) is 2.25. The van der Waals surface area contributed by atoms with Crippen molar-refractivity contribution in [2.45, 2.75) is 39.5 Å². The Bertz CT molecular complexity index is 418. The molecule has 1 unspecified atom stereocenters. The smallest absolute Gasteiger partial charge is 0.302 e. The van der Waals surface area contributed by atoms with Crippen LogP contribution in [0.3, 0.4) is 0 Å². The van der Waals surface area contributed by atoms with Crippen molar-refractivity contribution in [1.82, 2.24) is 0 Å². The van der Waals surface area contributed by atoms with E-state index in [2.05, 4.69) is 8.62 Å². The summed E-state index contributed by atoms with van der Waals surface area (Å²) in [4.78, 5) is 26.2. The van der Waals surface area contributed by atoms with Crippen LogP contribution in [0.25, 0.3) is 0 Å². The highest BCUT2D eigenvalue weighted by Gasteiger charge is 2.42. The van der Waals surface area contributed by atoms with E-state index in [1.54, 1.807) is 0 Å². The molecule has 128 valence electrons. The van der Waals surface area contributed by atoms with Crippen molar-refractivity contribution in [2.75, 3.05) is 13.2 Å². The topological polar surface area (TPSA) is 149 Å². The zero-order valence-corrected chi connectivity index (χ0v) is 14.5. The zero-order valence-electron chi connectivity index (χ0n) is 11.8. The highest BCUT2D eigenvalue weighted by atomic mass is 31.3. The molecular weight excluding hydrogens is 349 g/mol. The minimum atomic E-state index is -5.31. The second kappa shape index (κ2) is 9.53. The first-order chi connectivity index (χ1) is 9.54. The molecule has 0 radical (unpaired) electrons. The van der Waals surface area contributed by atoms with Crippen molar-refractivity contribution in [2.24, 2.45) is 0 Å². The molecule has 0 heterocycles. The number of phosphoric acid groups is 3. The molecule has 21 heavy (non-hydrogen) atoms. The molecule has 0 aliphatic rings. The van der Waals surface area contributed by atoms with E-state index in [-0.39, 0.29) is 13.2 Å². The van der Waals surface area contributed by atoms with Gasteiger partial charge in [0.15, 0.2) is 0 Å². The van der Waals surface area contributed by atoms with Crippen LogP contribution in [0, 0.1) is 0 Å². The van der Waals surface area contributed by atoms with Gasteiger partial charge in [0.1, 0.15) is 0 Å². The van der Waals surface area contributed by atoms with E-state index >= 15 is 0 Å². The first-order valence-electron chi connectivity index (χ1n) is 6.23. The van der Waals surface area contributed by atoms with Crippen molar-refractivity contribution >= 4 is 23.5 Å². The van der Waals surface area contributed by atoms with Crippen LogP contribution >= 0.6 is 23.5 Å². The van der Waals surface area contributed by atoms with E-state index in [9.17, 15) is 18.6 Å². The van der Waals surface area contributed by atoms with Gasteiger partial charge in [0, 0.05) is 0 Å². The molecule has 0 bridgehead atoms. The molecule has 0 aromatic heterocycles. The van der Waals surface area contributed by atoms with Crippen LogP contribution in [0.1, 0.15) is 39.5 Å². The van der Waals surface area contributed by atoms with Gasteiger partial charge in [-0.3, -0.25) is 9.05 Å². The van der Waals surface area contributed by atoms with Crippen LogP contribution in [0.15, 0.2) is 0 Å². The largest absolute Gasteiger partial charge is 0.490 e. The lowest BCUT2D eigenvalue weighted by Crippen LogP contribution is -2.03. The first-order valence-corrected chi connectivity index (χ1v) is 10.7. The van der Waals surface area contributed by atoms with Crippen LogP contribution in [0.2, 0.25) is 0 Å². The van der Waals surface area contributed by atoms with Gasteiger partial charge in [0.25, 0.3) is 0 Å². The van der Waals surface area contributed by atoms with Crippen molar-refractivity contribution in [1.29, 1.82) is 0 Å². The number of hydrogen-bond donors (Lipinski definition) is 3. The average molecular weight is 370 g/mol. The van der Waals surface area contributed by atoms with Gasteiger partial charge in [0.05, 0.1) is 13.2 Å². The molecule has 0 spiro atoms. The normalized spacial score (nSPS) is 15.9. The van der Waals surface area contributed by atoms with E-state index in [0.29, 0.717) is 25.7 Å². The van der Waals surface area contributed by atoms with Gasteiger partial charge in [-0.25, -0.2) is 13.7 Å². The first kappa shape index (κ1) is 21.4. The van der Waals surface area contributed by atoms with E-state index in [1.165, 1.54) is 0 Å². The Morgan fingerprint density at radius 3 is 1.57 bits per heavy atom. The molecule has 0 saturated heterocycles. The molecule has 0 rings (SSSR count). The molecule has 0 fully saturated rings. The maximum absolute atomic E-state index is 12.1. The molecule has 3 N–H and O–H groups in total.